The lowest BCUT2D eigenvalue weighted by Gasteiger charge is -2.09. The first-order valence-corrected chi connectivity index (χ1v) is 10.5. The van der Waals surface area contributed by atoms with E-state index in [0.717, 1.165) is 6.42 Å². The number of amides is 1. The number of carbonyl (C=O) groups excluding carboxylic acids is 2. The number of nitrogens with one attached hydrogen (secondary N) is 1. The van der Waals surface area contributed by atoms with E-state index in [9.17, 15) is 9.59 Å². The van der Waals surface area contributed by atoms with Crippen molar-refractivity contribution in [3.05, 3.63) is 89.2 Å². The second kappa shape index (κ2) is 9.08. The van der Waals surface area contributed by atoms with Crippen molar-refractivity contribution in [2.45, 2.75) is 13.3 Å². The highest BCUT2D eigenvalue weighted by atomic mass is 16.5. The molecule has 3 N–H and O–H groups in total. The Morgan fingerprint density at radius 2 is 1.70 bits per heavy atom. The van der Waals surface area contributed by atoms with Crippen LogP contribution in [-0.2, 0) is 6.42 Å². The van der Waals surface area contributed by atoms with E-state index in [1.807, 2.05) is 24.3 Å². The molecule has 0 fully saturated rings. The number of ketones is 1. The van der Waals surface area contributed by atoms with Crippen LogP contribution in [0.15, 0.2) is 66.9 Å². The van der Waals surface area contributed by atoms with Crippen molar-refractivity contribution < 1.29 is 19.1 Å². The van der Waals surface area contributed by atoms with Gasteiger partial charge in [-0.2, -0.15) is 0 Å². The number of anilines is 2. The Morgan fingerprint density at radius 3 is 2.36 bits per heavy atom. The molecule has 2 aromatic heterocycles. The second-order valence-corrected chi connectivity index (χ2v) is 7.50. The van der Waals surface area contributed by atoms with Crippen LogP contribution in [0.1, 0.15) is 38.9 Å². The van der Waals surface area contributed by atoms with Crippen molar-refractivity contribution in [3.63, 3.8) is 0 Å². The first-order valence-electron chi connectivity index (χ1n) is 10.5. The monoisotopic (exact) mass is 443 g/mol. The summed E-state index contributed by atoms with van der Waals surface area (Å²) < 4.78 is 12.2. The lowest BCUT2D eigenvalue weighted by Crippen LogP contribution is -2.14. The third kappa shape index (κ3) is 4.01. The second-order valence-electron chi connectivity index (χ2n) is 7.50. The van der Waals surface area contributed by atoms with Crippen molar-refractivity contribution in [1.82, 2.24) is 4.40 Å². The highest BCUT2D eigenvalue weighted by Crippen LogP contribution is 2.32. The van der Waals surface area contributed by atoms with Crippen LogP contribution in [0.2, 0.25) is 0 Å². The number of pyridine rings is 1. The van der Waals surface area contributed by atoms with E-state index in [1.54, 1.807) is 47.0 Å². The van der Waals surface area contributed by atoms with Crippen molar-refractivity contribution in [3.8, 4) is 11.5 Å². The zero-order chi connectivity index (χ0) is 23.5. The first-order chi connectivity index (χ1) is 16.0. The fourth-order valence-corrected chi connectivity index (χ4v) is 3.83. The van der Waals surface area contributed by atoms with E-state index in [4.69, 9.17) is 15.2 Å². The van der Waals surface area contributed by atoms with Gasteiger partial charge in [-0.15, -0.1) is 0 Å². The van der Waals surface area contributed by atoms with Crippen LogP contribution in [0, 0.1) is 0 Å². The molecule has 2 aromatic carbocycles. The quantitative estimate of drug-likeness (QED) is 0.408. The van der Waals surface area contributed by atoms with Gasteiger partial charge in [0, 0.05) is 17.4 Å². The number of nitrogen functional groups attached to an aromatic ring is 1. The van der Waals surface area contributed by atoms with Crippen LogP contribution in [0.25, 0.3) is 5.52 Å². The molecular weight excluding hydrogens is 418 g/mol. The molecule has 0 unspecified atom stereocenters. The van der Waals surface area contributed by atoms with E-state index >= 15 is 0 Å². The molecular formula is C26H25N3O4. The van der Waals surface area contributed by atoms with Crippen LogP contribution in [-0.4, -0.2) is 30.3 Å². The lowest BCUT2D eigenvalue weighted by atomic mass is 10.1. The summed E-state index contributed by atoms with van der Waals surface area (Å²) in [6, 6.07) is 17.9. The first kappa shape index (κ1) is 22.0. The summed E-state index contributed by atoms with van der Waals surface area (Å²) in [6.07, 6.45) is 2.62. The van der Waals surface area contributed by atoms with Gasteiger partial charge in [0.05, 0.1) is 31.0 Å². The highest BCUT2D eigenvalue weighted by Gasteiger charge is 2.26. The molecule has 0 aliphatic heterocycles. The van der Waals surface area contributed by atoms with Gasteiger partial charge in [0.25, 0.3) is 5.91 Å². The molecule has 0 atom stereocenters. The summed E-state index contributed by atoms with van der Waals surface area (Å²) in [6.45, 7) is 2.07. The normalized spacial score (nSPS) is 10.8. The van der Waals surface area contributed by atoms with Gasteiger partial charge in [-0.25, -0.2) is 0 Å². The molecule has 7 nitrogen and oxygen atoms in total. The molecule has 168 valence electrons. The number of carbonyl (C=O) groups is 2. The SMILES string of the molecule is CCc1ccc(NC(=O)c2c(N)c(C(=O)c3ccc(OC)c(OC)c3)n3ccccc23)cc1. The lowest BCUT2D eigenvalue weighted by molar-refractivity contribution is 0.102. The van der Waals surface area contributed by atoms with Gasteiger partial charge in [0.2, 0.25) is 5.78 Å². The largest absolute Gasteiger partial charge is 0.493 e. The Morgan fingerprint density at radius 1 is 0.970 bits per heavy atom. The van der Waals surface area contributed by atoms with Crippen molar-refractivity contribution >= 4 is 28.6 Å². The highest BCUT2D eigenvalue weighted by molar-refractivity contribution is 6.20. The minimum absolute atomic E-state index is 0.115. The van der Waals surface area contributed by atoms with Gasteiger partial charge < -0.3 is 24.9 Å². The number of aromatic nitrogens is 1. The van der Waals surface area contributed by atoms with Gasteiger partial charge in [0.1, 0.15) is 5.69 Å². The fourth-order valence-electron chi connectivity index (χ4n) is 3.83. The zero-order valence-corrected chi connectivity index (χ0v) is 18.7. The summed E-state index contributed by atoms with van der Waals surface area (Å²) in [7, 11) is 3.03. The Kier molecular flexibility index (Phi) is 6.04. The van der Waals surface area contributed by atoms with E-state index in [-0.39, 0.29) is 28.6 Å². The van der Waals surface area contributed by atoms with Crippen LogP contribution in [0.5, 0.6) is 11.5 Å². The van der Waals surface area contributed by atoms with Crippen molar-refractivity contribution in [2.75, 3.05) is 25.3 Å². The molecule has 33 heavy (non-hydrogen) atoms. The molecule has 0 radical (unpaired) electrons. The summed E-state index contributed by atoms with van der Waals surface area (Å²) in [4.78, 5) is 26.7. The van der Waals surface area contributed by atoms with Crippen molar-refractivity contribution in [2.24, 2.45) is 0 Å². The maximum Gasteiger partial charge on any atom is 0.259 e. The number of hydrogen-bond donors (Lipinski definition) is 2. The smallest absolute Gasteiger partial charge is 0.259 e. The number of hydrogen-bond acceptors (Lipinski definition) is 5. The number of nitrogens with zero attached hydrogens (tertiary/aromatic N) is 1. The average Bonchev–Trinajstić information content (AvgIpc) is 3.15. The Bertz CT molecular complexity index is 1340. The fraction of sp³-hybridized carbons (Fsp3) is 0.154. The van der Waals surface area contributed by atoms with Crippen LogP contribution in [0.3, 0.4) is 0 Å². The van der Waals surface area contributed by atoms with Gasteiger partial charge in [-0.3, -0.25) is 9.59 Å². The van der Waals surface area contributed by atoms with E-state index < -0.39 is 0 Å². The maximum absolute atomic E-state index is 13.5. The molecule has 0 spiro atoms. The number of rotatable bonds is 7. The van der Waals surface area contributed by atoms with Crippen LogP contribution in [0.4, 0.5) is 11.4 Å². The van der Waals surface area contributed by atoms with E-state index in [2.05, 4.69) is 12.2 Å². The Balaban J connectivity index is 1.77. The predicted octanol–water partition coefficient (Wildman–Crippen LogP) is 4.58. The number of methoxy groups -OCH3 is 2. The summed E-state index contributed by atoms with van der Waals surface area (Å²) >= 11 is 0. The molecule has 4 rings (SSSR count). The predicted molar refractivity (Wildman–Crippen MR) is 129 cm³/mol. The molecule has 1 amide bonds. The molecule has 0 bridgehead atoms. The summed E-state index contributed by atoms with van der Waals surface area (Å²) in [5.74, 6) is 0.222. The third-order valence-corrected chi connectivity index (χ3v) is 5.59. The number of benzene rings is 2. The zero-order valence-electron chi connectivity index (χ0n) is 18.7. The number of aryl methyl sites for hydroxylation is 1. The number of nitrogens with two attached hydrogens (primary N) is 1. The standard InChI is InChI=1S/C26H25N3O4/c1-4-16-8-11-18(12-9-16)28-26(31)22-19-7-5-6-14-29(19)24(23(22)27)25(30)17-10-13-20(32-2)21(15-17)33-3/h5-15H,4,27H2,1-3H3,(H,28,31). The number of ether oxygens (including phenoxy) is 2. The third-order valence-electron chi connectivity index (χ3n) is 5.59. The van der Waals surface area contributed by atoms with E-state index in [0.29, 0.717) is 28.3 Å². The minimum Gasteiger partial charge on any atom is -0.493 e. The van der Waals surface area contributed by atoms with Gasteiger partial charge >= 0.3 is 0 Å². The molecule has 0 aliphatic carbocycles. The average molecular weight is 444 g/mol. The van der Waals surface area contributed by atoms with E-state index in [1.165, 1.54) is 19.8 Å². The molecule has 2 heterocycles. The molecule has 7 heteroatoms. The molecule has 0 saturated heterocycles. The topological polar surface area (TPSA) is 95.1 Å². The van der Waals surface area contributed by atoms with Crippen molar-refractivity contribution in [1.29, 1.82) is 0 Å². The van der Waals surface area contributed by atoms with Crippen LogP contribution < -0.4 is 20.5 Å². The van der Waals surface area contributed by atoms with Gasteiger partial charge in [-0.1, -0.05) is 25.1 Å². The summed E-state index contributed by atoms with van der Waals surface area (Å²) in [5, 5.41) is 2.89. The Labute approximate surface area is 191 Å². The Hall–Kier alpha value is -4.26. The minimum atomic E-state index is -0.383. The van der Waals surface area contributed by atoms with Gasteiger partial charge in [-0.05, 0) is 54.4 Å². The van der Waals surface area contributed by atoms with Crippen LogP contribution >= 0.6 is 0 Å². The molecule has 4 aromatic rings. The maximum atomic E-state index is 13.5. The molecule has 0 aliphatic rings. The van der Waals surface area contributed by atoms with Gasteiger partial charge in [0.15, 0.2) is 11.5 Å². The molecule has 0 saturated carbocycles. The summed E-state index contributed by atoms with van der Waals surface area (Å²) in [5.41, 5.74) is 9.73. The number of fused-ring (bicyclic) bond motifs is 1.